The van der Waals surface area contributed by atoms with Crippen molar-refractivity contribution in [1.29, 1.82) is 0 Å². The lowest BCUT2D eigenvalue weighted by Crippen LogP contribution is -2.60. The van der Waals surface area contributed by atoms with Gasteiger partial charge in [-0.2, -0.15) is 0 Å². The van der Waals surface area contributed by atoms with E-state index in [9.17, 15) is 35.1 Å². The Morgan fingerprint density at radius 2 is 1.81 bits per heavy atom. The van der Waals surface area contributed by atoms with Crippen LogP contribution in [0.2, 0.25) is 0 Å². The van der Waals surface area contributed by atoms with Gasteiger partial charge in [-0.25, -0.2) is 4.79 Å². The highest BCUT2D eigenvalue weighted by atomic mass is 16.7. The average Bonchev–Trinajstić information content (AvgIpc) is 2.64. The molecule has 1 aliphatic heterocycles. The van der Waals surface area contributed by atoms with Crippen LogP contribution in [0.25, 0.3) is 11.0 Å². The number of benzene rings is 1. The number of para-hydroxylation sites is 1. The Bertz CT molecular complexity index is 889. The second kappa shape index (κ2) is 7.62. The van der Waals surface area contributed by atoms with E-state index in [4.69, 9.17) is 13.9 Å². The largest absolute Gasteiger partial charge is 0.481 e. The number of carbonyl (C=O) groups is 1. The molecule has 146 valence electrons. The van der Waals surface area contributed by atoms with Crippen molar-refractivity contribution in [2.24, 2.45) is 0 Å². The predicted molar refractivity (Wildman–Crippen MR) is 88.2 cm³/mol. The van der Waals surface area contributed by atoms with Gasteiger partial charge in [0.1, 0.15) is 30.0 Å². The molecule has 0 saturated carbocycles. The molecule has 1 aliphatic rings. The van der Waals surface area contributed by atoms with Crippen LogP contribution in [0.4, 0.5) is 0 Å². The van der Waals surface area contributed by atoms with Gasteiger partial charge in [0, 0.05) is 10.9 Å². The van der Waals surface area contributed by atoms with E-state index < -0.39 is 61.1 Å². The maximum absolute atomic E-state index is 12.3. The van der Waals surface area contributed by atoms with Gasteiger partial charge in [-0.1, -0.05) is 18.2 Å². The molecular formula is C17H18O10. The van der Waals surface area contributed by atoms with Crippen LogP contribution >= 0.6 is 0 Å². The number of hydrogen-bond donors (Lipinski definition) is 5. The van der Waals surface area contributed by atoms with E-state index in [-0.39, 0.29) is 11.1 Å². The highest BCUT2D eigenvalue weighted by Gasteiger charge is 2.45. The molecule has 0 aliphatic carbocycles. The Morgan fingerprint density at radius 3 is 2.48 bits per heavy atom. The average molecular weight is 382 g/mol. The van der Waals surface area contributed by atoms with Crippen molar-refractivity contribution in [2.75, 3.05) is 6.61 Å². The summed E-state index contributed by atoms with van der Waals surface area (Å²) in [6.45, 7) is -0.681. The number of aliphatic carboxylic acids is 1. The molecule has 0 spiro atoms. The van der Waals surface area contributed by atoms with Crippen LogP contribution in [0.15, 0.2) is 33.5 Å². The van der Waals surface area contributed by atoms with Gasteiger partial charge in [-0.15, -0.1) is 0 Å². The normalized spacial score (nSPS) is 28.2. The third-order valence-electron chi connectivity index (χ3n) is 4.28. The maximum Gasteiger partial charge on any atom is 0.379 e. The fourth-order valence-corrected chi connectivity index (χ4v) is 2.92. The second-order valence-corrected chi connectivity index (χ2v) is 6.08. The Balaban J connectivity index is 2.04. The molecule has 1 aromatic carbocycles. The molecular weight excluding hydrogens is 364 g/mol. The molecule has 0 radical (unpaired) electrons. The van der Waals surface area contributed by atoms with E-state index in [1.54, 1.807) is 12.1 Å². The zero-order chi connectivity index (χ0) is 19.7. The molecule has 1 saturated heterocycles. The van der Waals surface area contributed by atoms with Crippen molar-refractivity contribution in [3.05, 3.63) is 40.2 Å². The first-order valence-corrected chi connectivity index (χ1v) is 8.07. The number of aliphatic hydroxyl groups is 4. The molecule has 27 heavy (non-hydrogen) atoms. The lowest BCUT2D eigenvalue weighted by atomic mass is 9.99. The summed E-state index contributed by atoms with van der Waals surface area (Å²) in [7, 11) is 0. The molecule has 0 amide bonds. The van der Waals surface area contributed by atoms with E-state index in [1.807, 2.05) is 0 Å². The van der Waals surface area contributed by atoms with Crippen LogP contribution in [0.3, 0.4) is 0 Å². The van der Waals surface area contributed by atoms with Crippen LogP contribution in [-0.2, 0) is 16.0 Å². The Kier molecular flexibility index (Phi) is 5.44. The van der Waals surface area contributed by atoms with E-state index in [2.05, 4.69) is 0 Å². The Morgan fingerprint density at radius 1 is 1.11 bits per heavy atom. The summed E-state index contributed by atoms with van der Waals surface area (Å²) in [5.74, 6) is -1.73. The molecule has 2 aromatic rings. The third-order valence-corrected chi connectivity index (χ3v) is 4.28. The van der Waals surface area contributed by atoms with Crippen LogP contribution in [0.5, 0.6) is 5.75 Å². The van der Waals surface area contributed by atoms with Crippen molar-refractivity contribution < 1.29 is 44.2 Å². The van der Waals surface area contributed by atoms with Gasteiger partial charge in [0.05, 0.1) is 13.0 Å². The summed E-state index contributed by atoms with van der Waals surface area (Å²) in [5.41, 5.74) is -0.840. The Labute approximate surface area is 151 Å². The molecule has 2 heterocycles. The van der Waals surface area contributed by atoms with E-state index in [0.717, 1.165) is 0 Å². The first-order valence-electron chi connectivity index (χ1n) is 8.07. The van der Waals surface area contributed by atoms with Gasteiger partial charge < -0.3 is 39.4 Å². The van der Waals surface area contributed by atoms with Crippen molar-refractivity contribution in [3.63, 3.8) is 0 Å². The van der Waals surface area contributed by atoms with Gasteiger partial charge in [0.25, 0.3) is 0 Å². The van der Waals surface area contributed by atoms with Crippen molar-refractivity contribution >= 4 is 16.9 Å². The van der Waals surface area contributed by atoms with E-state index in [1.165, 1.54) is 12.1 Å². The van der Waals surface area contributed by atoms with Gasteiger partial charge in [-0.05, 0) is 6.07 Å². The predicted octanol–water partition coefficient (Wildman–Crippen LogP) is -1.40. The SMILES string of the molecule is O=C(O)Cc1c(OC2O[C@H](CO)[C@H](O)[C@H](O)[C@H]2O)c(=O)oc2ccccc12. The number of ether oxygens (including phenoxy) is 2. The Hall–Kier alpha value is -2.50. The summed E-state index contributed by atoms with van der Waals surface area (Å²) >= 11 is 0. The standard InChI is InChI=1S/C17H18O10/c18-6-10-12(21)13(22)14(23)17(26-10)27-15-8(5-11(19)20)7-3-1-2-4-9(7)25-16(15)24/h1-4,10,12-14,17-18,21-23H,5-6H2,(H,19,20)/t10-,12+,13+,14-,17?/m1/s1. The molecule has 1 aromatic heterocycles. The van der Waals surface area contributed by atoms with Gasteiger partial charge >= 0.3 is 11.6 Å². The fourth-order valence-electron chi connectivity index (χ4n) is 2.92. The molecule has 5 N–H and O–H groups in total. The minimum Gasteiger partial charge on any atom is -0.481 e. The van der Waals surface area contributed by atoms with Gasteiger partial charge in [0.2, 0.25) is 12.0 Å². The fraction of sp³-hybridized carbons (Fsp3) is 0.412. The van der Waals surface area contributed by atoms with Crippen LogP contribution < -0.4 is 10.4 Å². The van der Waals surface area contributed by atoms with E-state index >= 15 is 0 Å². The van der Waals surface area contributed by atoms with Crippen LogP contribution in [0, 0.1) is 0 Å². The first kappa shape index (κ1) is 19.3. The van der Waals surface area contributed by atoms with Gasteiger partial charge in [0.15, 0.2) is 0 Å². The number of aliphatic hydroxyl groups excluding tert-OH is 4. The molecule has 0 bridgehead atoms. The minimum atomic E-state index is -1.76. The van der Waals surface area contributed by atoms with Gasteiger partial charge in [-0.3, -0.25) is 4.79 Å². The minimum absolute atomic E-state index is 0.00584. The maximum atomic E-state index is 12.3. The topological polar surface area (TPSA) is 167 Å². The summed E-state index contributed by atoms with van der Waals surface area (Å²) in [6, 6.07) is 6.25. The second-order valence-electron chi connectivity index (χ2n) is 6.08. The number of carboxylic acid groups (broad SMARTS) is 1. The zero-order valence-electron chi connectivity index (χ0n) is 13.9. The van der Waals surface area contributed by atoms with Crippen molar-refractivity contribution in [1.82, 2.24) is 0 Å². The number of hydrogen-bond acceptors (Lipinski definition) is 9. The molecule has 1 fully saturated rings. The highest BCUT2D eigenvalue weighted by molar-refractivity contribution is 5.86. The van der Waals surface area contributed by atoms with Crippen LogP contribution in [0.1, 0.15) is 5.56 Å². The zero-order valence-corrected chi connectivity index (χ0v) is 13.9. The molecule has 3 rings (SSSR count). The number of carboxylic acids is 1. The summed E-state index contributed by atoms with van der Waals surface area (Å²) in [6.07, 6.45) is -8.53. The lowest BCUT2D eigenvalue weighted by Gasteiger charge is -2.39. The summed E-state index contributed by atoms with van der Waals surface area (Å²) in [5, 5.41) is 48.4. The monoisotopic (exact) mass is 382 g/mol. The smallest absolute Gasteiger partial charge is 0.379 e. The lowest BCUT2D eigenvalue weighted by molar-refractivity contribution is -0.278. The van der Waals surface area contributed by atoms with Crippen molar-refractivity contribution in [2.45, 2.75) is 37.1 Å². The molecule has 5 atom stereocenters. The number of rotatable bonds is 5. The van der Waals surface area contributed by atoms with E-state index in [0.29, 0.717) is 5.39 Å². The van der Waals surface area contributed by atoms with Crippen molar-refractivity contribution in [3.8, 4) is 5.75 Å². The van der Waals surface area contributed by atoms with Crippen LogP contribution in [-0.4, -0.2) is 68.8 Å². The molecule has 10 heteroatoms. The molecule has 1 unspecified atom stereocenters. The summed E-state index contributed by atoms with van der Waals surface area (Å²) in [4.78, 5) is 23.6. The molecule has 10 nitrogen and oxygen atoms in total. The highest BCUT2D eigenvalue weighted by Crippen LogP contribution is 2.29. The summed E-state index contributed by atoms with van der Waals surface area (Å²) < 4.78 is 15.7. The quantitative estimate of drug-likeness (QED) is 0.388. The first-order chi connectivity index (χ1) is 12.8. The number of fused-ring (bicyclic) bond motifs is 1. The third kappa shape index (κ3) is 3.66.